The lowest BCUT2D eigenvalue weighted by atomic mass is 10.2. The number of carbonyl (C=O) groups excluding carboxylic acids is 1. The molecule has 4 rings (SSSR count). The van der Waals surface area contributed by atoms with E-state index in [0.29, 0.717) is 23.0 Å². The maximum absolute atomic E-state index is 13.4. The number of thiazole rings is 1. The van der Waals surface area contributed by atoms with Gasteiger partial charge in [0.15, 0.2) is 5.13 Å². The van der Waals surface area contributed by atoms with E-state index in [9.17, 15) is 4.79 Å². The Morgan fingerprint density at radius 1 is 1.07 bits per heavy atom. The van der Waals surface area contributed by atoms with Crippen molar-refractivity contribution in [2.45, 2.75) is 27.3 Å². The second-order valence-electron chi connectivity index (χ2n) is 6.67. The Labute approximate surface area is 162 Å². The van der Waals surface area contributed by atoms with Crippen LogP contribution in [0.1, 0.15) is 33.0 Å². The van der Waals surface area contributed by atoms with Crippen molar-refractivity contribution in [2.75, 3.05) is 4.90 Å². The van der Waals surface area contributed by atoms with Crippen LogP contribution in [0.25, 0.3) is 10.2 Å². The van der Waals surface area contributed by atoms with E-state index in [2.05, 4.69) is 13.0 Å². The number of aromatic nitrogens is 1. The first-order valence-electron chi connectivity index (χ1n) is 8.81. The van der Waals surface area contributed by atoms with Crippen molar-refractivity contribution < 1.29 is 9.21 Å². The van der Waals surface area contributed by atoms with Crippen LogP contribution in [-0.2, 0) is 6.54 Å². The number of hydrogen-bond acceptors (Lipinski definition) is 4. The number of aryl methyl sites for hydroxylation is 3. The van der Waals surface area contributed by atoms with Gasteiger partial charge in [-0.25, -0.2) is 4.98 Å². The molecule has 0 saturated carbocycles. The Hall–Kier alpha value is -2.92. The number of hydrogen-bond donors (Lipinski definition) is 0. The van der Waals surface area contributed by atoms with E-state index >= 15 is 0 Å². The van der Waals surface area contributed by atoms with Crippen LogP contribution in [0.3, 0.4) is 0 Å². The summed E-state index contributed by atoms with van der Waals surface area (Å²) in [4.78, 5) is 19.8. The molecule has 1 amide bonds. The maximum Gasteiger partial charge on any atom is 0.263 e. The molecule has 4 nitrogen and oxygen atoms in total. The number of rotatable bonds is 4. The lowest BCUT2D eigenvalue weighted by Gasteiger charge is -2.19. The van der Waals surface area contributed by atoms with Crippen LogP contribution in [0.15, 0.2) is 59.0 Å². The van der Waals surface area contributed by atoms with Crippen molar-refractivity contribution in [3.05, 3.63) is 82.8 Å². The Morgan fingerprint density at radius 3 is 2.56 bits per heavy atom. The molecule has 2 heterocycles. The van der Waals surface area contributed by atoms with Crippen LogP contribution < -0.4 is 4.90 Å². The fourth-order valence-electron chi connectivity index (χ4n) is 3.12. The molecule has 0 aliphatic carbocycles. The predicted molar refractivity (Wildman–Crippen MR) is 109 cm³/mol. The molecular weight excluding hydrogens is 356 g/mol. The van der Waals surface area contributed by atoms with Gasteiger partial charge in [-0.15, -0.1) is 0 Å². The van der Waals surface area contributed by atoms with Crippen molar-refractivity contribution in [2.24, 2.45) is 0 Å². The summed E-state index contributed by atoms with van der Waals surface area (Å²) in [6, 6.07) is 17.9. The molecular formula is C22H20N2O2S. The first-order chi connectivity index (χ1) is 13.0. The smallest absolute Gasteiger partial charge is 0.263 e. The summed E-state index contributed by atoms with van der Waals surface area (Å²) in [5, 5.41) is 0.697. The van der Waals surface area contributed by atoms with Crippen LogP contribution in [0, 0.1) is 20.8 Å². The molecule has 0 saturated heterocycles. The van der Waals surface area contributed by atoms with Crippen LogP contribution in [0.5, 0.6) is 0 Å². The fourth-order valence-corrected chi connectivity index (χ4v) is 4.18. The lowest BCUT2D eigenvalue weighted by Crippen LogP contribution is -2.30. The molecule has 0 radical (unpaired) electrons. The minimum absolute atomic E-state index is 0.0935. The van der Waals surface area contributed by atoms with Gasteiger partial charge in [-0.2, -0.15) is 0 Å². The summed E-state index contributed by atoms with van der Waals surface area (Å²) in [6.07, 6.45) is 0. The largest absolute Gasteiger partial charge is 0.466 e. The van der Waals surface area contributed by atoms with E-state index in [1.54, 1.807) is 11.0 Å². The zero-order valence-electron chi connectivity index (χ0n) is 15.5. The average molecular weight is 376 g/mol. The third kappa shape index (κ3) is 3.51. The Kier molecular flexibility index (Phi) is 4.54. The second kappa shape index (κ2) is 7.00. The third-order valence-electron chi connectivity index (χ3n) is 4.46. The average Bonchev–Trinajstić information content (AvgIpc) is 3.22. The van der Waals surface area contributed by atoms with Crippen molar-refractivity contribution in [3.8, 4) is 0 Å². The summed E-state index contributed by atoms with van der Waals surface area (Å²) in [6.45, 7) is 6.19. The molecule has 0 aliphatic heterocycles. The minimum Gasteiger partial charge on any atom is -0.466 e. The molecule has 2 aromatic heterocycles. The number of anilines is 1. The van der Waals surface area contributed by atoms with Gasteiger partial charge in [0.25, 0.3) is 5.91 Å². The molecule has 0 bridgehead atoms. The topological polar surface area (TPSA) is 46.3 Å². The van der Waals surface area contributed by atoms with Crippen LogP contribution in [-0.4, -0.2) is 10.9 Å². The van der Waals surface area contributed by atoms with Gasteiger partial charge in [-0.05, 0) is 50.1 Å². The van der Waals surface area contributed by atoms with Gasteiger partial charge in [-0.1, -0.05) is 47.7 Å². The predicted octanol–water partition coefficient (Wildman–Crippen LogP) is 5.66. The van der Waals surface area contributed by atoms with E-state index in [1.165, 1.54) is 16.9 Å². The molecule has 0 atom stereocenters. The Bertz CT molecular complexity index is 1110. The first-order valence-corrected chi connectivity index (χ1v) is 9.63. The van der Waals surface area contributed by atoms with Gasteiger partial charge in [0.05, 0.1) is 22.3 Å². The summed E-state index contributed by atoms with van der Waals surface area (Å²) >= 11 is 1.54. The van der Waals surface area contributed by atoms with Crippen LogP contribution >= 0.6 is 11.3 Å². The number of fused-ring (bicyclic) bond motifs is 1. The molecule has 5 heteroatoms. The van der Waals surface area contributed by atoms with Crippen molar-refractivity contribution in [1.82, 2.24) is 4.98 Å². The number of amides is 1. The Balaban J connectivity index is 1.79. The highest BCUT2D eigenvalue weighted by molar-refractivity contribution is 7.22. The van der Waals surface area contributed by atoms with Gasteiger partial charge in [-0.3, -0.25) is 9.69 Å². The van der Waals surface area contributed by atoms with E-state index in [0.717, 1.165) is 21.5 Å². The molecule has 2 aromatic carbocycles. The second-order valence-corrected chi connectivity index (χ2v) is 7.68. The molecule has 0 N–H and O–H groups in total. The van der Waals surface area contributed by atoms with E-state index in [1.807, 2.05) is 56.3 Å². The van der Waals surface area contributed by atoms with Gasteiger partial charge < -0.3 is 4.42 Å². The highest BCUT2D eigenvalue weighted by Crippen LogP contribution is 2.32. The van der Waals surface area contributed by atoms with Gasteiger partial charge in [0.1, 0.15) is 11.5 Å². The molecule has 0 unspecified atom stereocenters. The molecule has 0 aliphatic rings. The Morgan fingerprint density at radius 2 is 1.85 bits per heavy atom. The first kappa shape index (κ1) is 17.5. The van der Waals surface area contributed by atoms with Gasteiger partial charge in [0, 0.05) is 0 Å². The maximum atomic E-state index is 13.4. The van der Waals surface area contributed by atoms with Crippen LogP contribution in [0.2, 0.25) is 0 Å². The van der Waals surface area contributed by atoms with E-state index < -0.39 is 0 Å². The SMILES string of the molecule is Cc1ccc2nc(N(Cc3ccccc3)C(=O)c3cc(C)oc3C)sc2c1. The van der Waals surface area contributed by atoms with Crippen molar-refractivity contribution in [1.29, 1.82) is 0 Å². The lowest BCUT2D eigenvalue weighted by molar-refractivity contribution is 0.0983. The third-order valence-corrected chi connectivity index (χ3v) is 5.50. The number of carbonyl (C=O) groups is 1. The molecule has 0 fully saturated rings. The summed E-state index contributed by atoms with van der Waals surface area (Å²) in [7, 11) is 0. The quantitative estimate of drug-likeness (QED) is 0.461. The fraction of sp³-hybridized carbons (Fsp3) is 0.182. The van der Waals surface area contributed by atoms with Gasteiger partial charge in [0.2, 0.25) is 0 Å². The minimum atomic E-state index is -0.0935. The van der Waals surface area contributed by atoms with Crippen molar-refractivity contribution >= 4 is 32.6 Å². The summed E-state index contributed by atoms with van der Waals surface area (Å²) < 4.78 is 6.66. The molecule has 27 heavy (non-hydrogen) atoms. The molecule has 0 spiro atoms. The molecule has 4 aromatic rings. The highest BCUT2D eigenvalue weighted by Gasteiger charge is 2.25. The van der Waals surface area contributed by atoms with Gasteiger partial charge >= 0.3 is 0 Å². The zero-order valence-corrected chi connectivity index (χ0v) is 16.3. The van der Waals surface area contributed by atoms with Crippen LogP contribution in [0.4, 0.5) is 5.13 Å². The van der Waals surface area contributed by atoms with E-state index in [4.69, 9.17) is 9.40 Å². The van der Waals surface area contributed by atoms with E-state index in [-0.39, 0.29) is 5.91 Å². The number of nitrogens with zero attached hydrogens (tertiary/aromatic N) is 2. The standard InChI is InChI=1S/C22H20N2O2S/c1-14-9-10-19-20(11-14)27-22(23-19)24(13-17-7-5-4-6-8-17)21(25)18-12-15(2)26-16(18)3/h4-12H,13H2,1-3H3. The molecule has 136 valence electrons. The highest BCUT2D eigenvalue weighted by atomic mass is 32.1. The number of furan rings is 1. The summed E-state index contributed by atoms with van der Waals surface area (Å²) in [5.74, 6) is 1.27. The monoisotopic (exact) mass is 376 g/mol. The van der Waals surface area contributed by atoms with Crippen molar-refractivity contribution in [3.63, 3.8) is 0 Å². The zero-order chi connectivity index (χ0) is 19.0. The summed E-state index contributed by atoms with van der Waals surface area (Å²) in [5.41, 5.74) is 3.73. The normalized spacial score (nSPS) is 11.1. The number of benzene rings is 2.